The van der Waals surface area contributed by atoms with Crippen LogP contribution >= 0.6 is 11.6 Å². The predicted molar refractivity (Wildman–Crippen MR) is 132 cm³/mol. The van der Waals surface area contributed by atoms with Crippen molar-refractivity contribution in [1.29, 1.82) is 0 Å². The summed E-state index contributed by atoms with van der Waals surface area (Å²) in [5.74, 6) is 0.159. The van der Waals surface area contributed by atoms with E-state index in [9.17, 15) is 9.18 Å². The Bertz CT molecular complexity index is 1230. The third-order valence-electron chi connectivity index (χ3n) is 6.18. The van der Waals surface area contributed by atoms with Crippen LogP contribution in [0.4, 0.5) is 33.2 Å². The molecule has 3 aromatic rings. The summed E-state index contributed by atoms with van der Waals surface area (Å²) in [6.07, 6.45) is 1.46. The summed E-state index contributed by atoms with van der Waals surface area (Å²) in [5, 5.41) is 9.28. The van der Waals surface area contributed by atoms with E-state index in [2.05, 4.69) is 42.6 Å². The van der Waals surface area contributed by atoms with E-state index in [0.29, 0.717) is 40.0 Å². The molecule has 3 N–H and O–H groups in total. The summed E-state index contributed by atoms with van der Waals surface area (Å²) in [7, 11) is 0. The van der Waals surface area contributed by atoms with Gasteiger partial charge in [0.25, 0.3) is 5.91 Å². The van der Waals surface area contributed by atoms with Crippen LogP contribution in [0.5, 0.6) is 0 Å². The molecule has 1 aromatic heterocycles. The first-order chi connectivity index (χ1) is 16.5. The third kappa shape index (κ3) is 4.49. The second-order valence-corrected chi connectivity index (χ2v) is 8.66. The molecular weight excluding hydrogens is 457 g/mol. The number of halogens is 2. The average molecular weight is 482 g/mol. The van der Waals surface area contributed by atoms with Gasteiger partial charge in [-0.05, 0) is 36.4 Å². The molecule has 0 bridgehead atoms. The van der Waals surface area contributed by atoms with Crippen molar-refractivity contribution in [2.45, 2.75) is 13.5 Å². The number of fused-ring (bicyclic) bond motifs is 1. The molecule has 8 nitrogen and oxygen atoms in total. The van der Waals surface area contributed by atoms with Gasteiger partial charge in [0.15, 0.2) is 5.82 Å². The van der Waals surface area contributed by atoms with Crippen LogP contribution in [-0.2, 0) is 6.54 Å². The minimum Gasteiger partial charge on any atom is -0.367 e. The highest BCUT2D eigenvalue weighted by Crippen LogP contribution is 2.31. The molecule has 2 aliphatic heterocycles. The summed E-state index contributed by atoms with van der Waals surface area (Å²) in [6.45, 7) is 7.09. The lowest BCUT2D eigenvalue weighted by Gasteiger charge is -2.35. The number of aromatic nitrogens is 2. The van der Waals surface area contributed by atoms with Gasteiger partial charge in [-0.1, -0.05) is 30.7 Å². The zero-order valence-electron chi connectivity index (χ0n) is 18.7. The van der Waals surface area contributed by atoms with E-state index in [1.165, 1.54) is 12.3 Å². The van der Waals surface area contributed by atoms with Gasteiger partial charge >= 0.3 is 0 Å². The number of nitrogens with zero attached hydrogens (tertiary/aromatic N) is 4. The fourth-order valence-corrected chi connectivity index (χ4v) is 4.44. The van der Waals surface area contributed by atoms with Crippen molar-refractivity contribution in [3.05, 3.63) is 64.6 Å². The highest BCUT2D eigenvalue weighted by molar-refractivity contribution is 6.33. The Morgan fingerprint density at radius 2 is 1.97 bits per heavy atom. The number of amides is 1. The summed E-state index contributed by atoms with van der Waals surface area (Å²) in [6, 6.07) is 10.6. The van der Waals surface area contributed by atoms with E-state index in [1.54, 1.807) is 12.1 Å². The number of rotatable bonds is 6. The number of carbonyl (C=O) groups is 1. The smallest absolute Gasteiger partial charge is 0.254 e. The molecule has 1 fully saturated rings. The number of anilines is 5. The zero-order valence-corrected chi connectivity index (χ0v) is 19.5. The Kier molecular flexibility index (Phi) is 6.21. The van der Waals surface area contributed by atoms with Crippen LogP contribution in [0.3, 0.4) is 0 Å². The van der Waals surface area contributed by atoms with Crippen molar-refractivity contribution < 1.29 is 9.18 Å². The summed E-state index contributed by atoms with van der Waals surface area (Å²) >= 11 is 6.30. The van der Waals surface area contributed by atoms with Gasteiger partial charge in [-0.3, -0.25) is 4.79 Å². The van der Waals surface area contributed by atoms with Crippen molar-refractivity contribution in [2.24, 2.45) is 0 Å². The minimum atomic E-state index is -0.298. The van der Waals surface area contributed by atoms with E-state index in [1.807, 2.05) is 18.2 Å². The first kappa shape index (κ1) is 22.4. The van der Waals surface area contributed by atoms with Crippen LogP contribution < -0.4 is 20.9 Å². The Morgan fingerprint density at radius 3 is 2.74 bits per heavy atom. The largest absolute Gasteiger partial charge is 0.367 e. The molecule has 2 aliphatic rings. The molecule has 0 aliphatic carbocycles. The van der Waals surface area contributed by atoms with Crippen LogP contribution in [0.1, 0.15) is 22.8 Å². The SMILES string of the molecule is CCN1CCN(c2ccc(Nc3ncc(Cl)c(Nc4cccc5c4C(=O)NC5)n3)cc2F)CC1. The Morgan fingerprint density at radius 1 is 1.15 bits per heavy atom. The number of carbonyl (C=O) groups excluding carboxylic acids is 1. The van der Waals surface area contributed by atoms with Gasteiger partial charge in [0, 0.05) is 38.4 Å². The number of hydrogen-bond donors (Lipinski definition) is 3. The molecule has 176 valence electrons. The number of likely N-dealkylation sites (N-methyl/N-ethyl adjacent to an activating group) is 1. The van der Waals surface area contributed by atoms with Crippen LogP contribution in [0.2, 0.25) is 5.02 Å². The van der Waals surface area contributed by atoms with Crippen LogP contribution in [-0.4, -0.2) is 53.5 Å². The molecule has 0 spiro atoms. The van der Waals surface area contributed by atoms with E-state index in [4.69, 9.17) is 11.6 Å². The maximum atomic E-state index is 14.9. The molecule has 34 heavy (non-hydrogen) atoms. The molecule has 5 rings (SSSR count). The fraction of sp³-hybridized carbons (Fsp3) is 0.292. The van der Waals surface area contributed by atoms with Crippen molar-refractivity contribution in [3.63, 3.8) is 0 Å². The molecule has 0 radical (unpaired) electrons. The fourth-order valence-electron chi connectivity index (χ4n) is 4.30. The van der Waals surface area contributed by atoms with Gasteiger partial charge in [0.2, 0.25) is 5.95 Å². The molecule has 0 atom stereocenters. The van der Waals surface area contributed by atoms with Gasteiger partial charge in [0.1, 0.15) is 10.8 Å². The van der Waals surface area contributed by atoms with Gasteiger partial charge in [-0.15, -0.1) is 0 Å². The van der Waals surface area contributed by atoms with Crippen molar-refractivity contribution in [3.8, 4) is 0 Å². The molecule has 3 heterocycles. The first-order valence-corrected chi connectivity index (χ1v) is 11.6. The van der Waals surface area contributed by atoms with Gasteiger partial charge in [-0.25, -0.2) is 9.37 Å². The topological polar surface area (TPSA) is 85.4 Å². The Labute approximate surface area is 202 Å². The maximum Gasteiger partial charge on any atom is 0.254 e. The summed E-state index contributed by atoms with van der Waals surface area (Å²) in [4.78, 5) is 25.3. The van der Waals surface area contributed by atoms with Crippen LogP contribution in [0.25, 0.3) is 0 Å². The molecule has 1 saturated heterocycles. The van der Waals surface area contributed by atoms with Crippen molar-refractivity contribution in [2.75, 3.05) is 48.3 Å². The highest BCUT2D eigenvalue weighted by atomic mass is 35.5. The maximum absolute atomic E-state index is 14.9. The summed E-state index contributed by atoms with van der Waals surface area (Å²) < 4.78 is 14.9. The third-order valence-corrected chi connectivity index (χ3v) is 6.45. The number of nitrogens with one attached hydrogen (secondary N) is 3. The summed E-state index contributed by atoms with van der Waals surface area (Å²) in [5.41, 5.74) is 3.21. The predicted octanol–water partition coefficient (Wildman–Crippen LogP) is 4.14. The standard InChI is InChI=1S/C24H25ClFN7O/c1-2-32-8-10-33(11-9-32)20-7-6-16(12-18(20)26)29-24-28-14-17(25)22(31-24)30-19-5-3-4-15-13-27-23(34)21(15)19/h3-7,12,14H,2,8-11,13H2,1H3,(H,27,34)(H2,28,29,30,31). The monoisotopic (exact) mass is 481 g/mol. The van der Waals surface area contributed by atoms with E-state index in [-0.39, 0.29) is 17.7 Å². The van der Waals surface area contributed by atoms with Crippen LogP contribution in [0, 0.1) is 5.82 Å². The van der Waals surface area contributed by atoms with E-state index >= 15 is 0 Å². The second-order valence-electron chi connectivity index (χ2n) is 8.25. The molecule has 1 amide bonds. The normalized spacial score (nSPS) is 15.7. The number of benzene rings is 2. The lowest BCUT2D eigenvalue weighted by Crippen LogP contribution is -2.46. The molecular formula is C24H25ClFN7O. The number of hydrogen-bond acceptors (Lipinski definition) is 7. The minimum absolute atomic E-state index is 0.145. The van der Waals surface area contributed by atoms with E-state index in [0.717, 1.165) is 38.3 Å². The molecule has 0 saturated carbocycles. The van der Waals surface area contributed by atoms with Gasteiger partial charge in [-0.2, -0.15) is 4.98 Å². The number of piperazine rings is 1. The van der Waals surface area contributed by atoms with Crippen molar-refractivity contribution in [1.82, 2.24) is 20.2 Å². The van der Waals surface area contributed by atoms with Gasteiger partial charge in [0.05, 0.1) is 23.1 Å². The first-order valence-electron chi connectivity index (χ1n) is 11.3. The zero-order chi connectivity index (χ0) is 23.7. The second kappa shape index (κ2) is 9.44. The molecule has 10 heteroatoms. The Balaban J connectivity index is 1.32. The highest BCUT2D eigenvalue weighted by Gasteiger charge is 2.23. The average Bonchev–Trinajstić information content (AvgIpc) is 3.23. The molecule has 2 aromatic carbocycles. The Hall–Kier alpha value is -3.43. The van der Waals surface area contributed by atoms with Crippen LogP contribution in [0.15, 0.2) is 42.6 Å². The quantitative estimate of drug-likeness (QED) is 0.488. The molecule has 0 unspecified atom stereocenters. The van der Waals surface area contributed by atoms with E-state index < -0.39 is 0 Å². The lowest BCUT2D eigenvalue weighted by molar-refractivity contribution is 0.0966. The van der Waals surface area contributed by atoms with Gasteiger partial charge < -0.3 is 25.8 Å². The van der Waals surface area contributed by atoms with Crippen molar-refractivity contribution >= 4 is 46.3 Å². The lowest BCUT2D eigenvalue weighted by atomic mass is 10.1.